The van der Waals surface area contributed by atoms with E-state index in [2.05, 4.69) is 10.3 Å². The molecule has 1 aliphatic rings. The van der Waals surface area contributed by atoms with E-state index in [1.807, 2.05) is 24.4 Å². The number of pyridine rings is 1. The Balaban J connectivity index is 1.72. The average molecular weight is 302 g/mol. The Morgan fingerprint density at radius 1 is 1.36 bits per heavy atom. The van der Waals surface area contributed by atoms with Crippen LogP contribution in [0, 0.1) is 5.41 Å². The second kappa shape index (κ2) is 5.76. The number of primary amides is 1. The smallest absolute Gasteiger partial charge is 0.271 e. The topological polar surface area (TPSA) is 98.7 Å². The number of imidazole rings is 1. The summed E-state index contributed by atoms with van der Waals surface area (Å²) in [4.78, 5) is 28.3. The molecule has 22 heavy (non-hydrogen) atoms. The number of carbonyl (C=O) groups is 2. The maximum atomic E-state index is 12.3. The Labute approximate surface area is 127 Å². The summed E-state index contributed by atoms with van der Waals surface area (Å²) in [6, 6.07) is 5.54. The van der Waals surface area contributed by atoms with E-state index in [4.69, 9.17) is 10.5 Å². The lowest BCUT2D eigenvalue weighted by Gasteiger charge is -2.34. The minimum Gasteiger partial charge on any atom is -0.381 e. The molecule has 0 aromatic carbocycles. The summed E-state index contributed by atoms with van der Waals surface area (Å²) in [5.41, 5.74) is 5.81. The molecule has 0 spiro atoms. The minimum absolute atomic E-state index is 0.207. The third kappa shape index (κ3) is 2.67. The van der Waals surface area contributed by atoms with Crippen LogP contribution in [0.1, 0.15) is 23.3 Å². The Morgan fingerprint density at radius 3 is 2.82 bits per heavy atom. The van der Waals surface area contributed by atoms with Gasteiger partial charge in [-0.25, -0.2) is 4.98 Å². The van der Waals surface area contributed by atoms with Gasteiger partial charge >= 0.3 is 0 Å². The van der Waals surface area contributed by atoms with E-state index in [1.54, 1.807) is 10.6 Å². The van der Waals surface area contributed by atoms with Gasteiger partial charge in [0.1, 0.15) is 11.3 Å². The fourth-order valence-electron chi connectivity index (χ4n) is 2.66. The molecule has 0 bridgehead atoms. The van der Waals surface area contributed by atoms with Crippen LogP contribution in [-0.2, 0) is 9.53 Å². The molecule has 2 amide bonds. The minimum atomic E-state index is -0.729. The van der Waals surface area contributed by atoms with Crippen molar-refractivity contribution in [2.75, 3.05) is 19.8 Å². The zero-order valence-corrected chi connectivity index (χ0v) is 12.1. The quantitative estimate of drug-likeness (QED) is 0.851. The van der Waals surface area contributed by atoms with Crippen molar-refractivity contribution in [3.8, 4) is 0 Å². The molecule has 0 saturated carbocycles. The van der Waals surface area contributed by atoms with Gasteiger partial charge in [-0.1, -0.05) is 6.07 Å². The van der Waals surface area contributed by atoms with Crippen molar-refractivity contribution in [2.24, 2.45) is 11.1 Å². The SMILES string of the molecule is NC(=O)C1(CNC(=O)c2cn3ccccc3n2)CCOCC1. The maximum Gasteiger partial charge on any atom is 0.271 e. The molecule has 7 nitrogen and oxygen atoms in total. The zero-order chi connectivity index (χ0) is 15.6. The zero-order valence-electron chi connectivity index (χ0n) is 12.1. The van der Waals surface area contributed by atoms with Crippen LogP contribution in [0.25, 0.3) is 5.65 Å². The summed E-state index contributed by atoms with van der Waals surface area (Å²) >= 11 is 0. The summed E-state index contributed by atoms with van der Waals surface area (Å²) in [6.45, 7) is 1.17. The van der Waals surface area contributed by atoms with E-state index in [0.29, 0.717) is 37.4 Å². The van der Waals surface area contributed by atoms with E-state index >= 15 is 0 Å². The van der Waals surface area contributed by atoms with E-state index in [9.17, 15) is 9.59 Å². The van der Waals surface area contributed by atoms with Gasteiger partial charge < -0.3 is 20.2 Å². The van der Waals surface area contributed by atoms with Gasteiger partial charge in [-0.2, -0.15) is 0 Å². The Bertz CT molecular complexity index is 671. The maximum absolute atomic E-state index is 12.3. The van der Waals surface area contributed by atoms with E-state index < -0.39 is 11.3 Å². The van der Waals surface area contributed by atoms with Crippen molar-refractivity contribution in [1.82, 2.24) is 14.7 Å². The molecular formula is C15H18N4O3. The molecule has 116 valence electrons. The van der Waals surface area contributed by atoms with E-state index in [0.717, 1.165) is 0 Å². The van der Waals surface area contributed by atoms with Gasteiger partial charge in [0.05, 0.1) is 5.41 Å². The third-order valence-corrected chi connectivity index (χ3v) is 4.16. The molecule has 1 fully saturated rings. The second-order valence-electron chi connectivity index (χ2n) is 5.53. The number of amides is 2. The number of nitrogens with zero attached hydrogens (tertiary/aromatic N) is 2. The molecule has 1 saturated heterocycles. The second-order valence-corrected chi connectivity index (χ2v) is 5.53. The largest absolute Gasteiger partial charge is 0.381 e. The van der Waals surface area contributed by atoms with Crippen molar-refractivity contribution in [2.45, 2.75) is 12.8 Å². The summed E-state index contributed by atoms with van der Waals surface area (Å²) in [6.07, 6.45) is 4.52. The highest BCUT2D eigenvalue weighted by Gasteiger charge is 2.38. The van der Waals surface area contributed by atoms with Gasteiger partial charge in [-0.15, -0.1) is 0 Å². The van der Waals surface area contributed by atoms with Crippen LogP contribution in [0.15, 0.2) is 30.6 Å². The molecule has 2 aromatic rings. The first kappa shape index (κ1) is 14.5. The molecule has 0 atom stereocenters. The standard InChI is InChI=1S/C15H18N4O3/c16-14(21)15(4-7-22-8-5-15)10-17-13(20)11-9-19-6-2-1-3-12(19)18-11/h1-3,6,9H,4-5,7-8,10H2,(H2,16,21)(H,17,20). The summed E-state index contributed by atoms with van der Waals surface area (Å²) in [5.74, 6) is -0.707. The van der Waals surface area contributed by atoms with Crippen LogP contribution in [0.4, 0.5) is 0 Å². The first-order valence-electron chi connectivity index (χ1n) is 7.20. The summed E-state index contributed by atoms with van der Waals surface area (Å²) in [5, 5.41) is 2.78. The number of rotatable bonds is 4. The van der Waals surface area contributed by atoms with Gasteiger partial charge in [-0.05, 0) is 25.0 Å². The predicted molar refractivity (Wildman–Crippen MR) is 79.2 cm³/mol. The fourth-order valence-corrected chi connectivity index (χ4v) is 2.66. The number of nitrogens with two attached hydrogens (primary N) is 1. The molecule has 3 N–H and O–H groups in total. The molecule has 7 heteroatoms. The van der Waals surface area contributed by atoms with Gasteiger partial charge in [0.2, 0.25) is 5.91 Å². The number of hydrogen-bond donors (Lipinski definition) is 2. The van der Waals surface area contributed by atoms with Crippen molar-refractivity contribution < 1.29 is 14.3 Å². The highest BCUT2D eigenvalue weighted by Crippen LogP contribution is 2.29. The van der Waals surface area contributed by atoms with Crippen molar-refractivity contribution in [3.63, 3.8) is 0 Å². The summed E-state index contributed by atoms with van der Waals surface area (Å²) in [7, 11) is 0. The lowest BCUT2D eigenvalue weighted by atomic mass is 9.79. The number of carbonyl (C=O) groups excluding carboxylic acids is 2. The number of nitrogens with one attached hydrogen (secondary N) is 1. The first-order valence-corrected chi connectivity index (χ1v) is 7.20. The molecule has 0 aliphatic carbocycles. The van der Waals surface area contributed by atoms with Gasteiger partial charge in [0.25, 0.3) is 5.91 Å². The molecule has 0 unspecified atom stereocenters. The fraction of sp³-hybridized carbons (Fsp3) is 0.400. The van der Waals surface area contributed by atoms with Crippen LogP contribution in [0.2, 0.25) is 0 Å². The molecule has 3 heterocycles. The van der Waals surface area contributed by atoms with Gasteiger partial charge in [-0.3, -0.25) is 9.59 Å². The molecule has 0 radical (unpaired) electrons. The number of aromatic nitrogens is 2. The lowest BCUT2D eigenvalue weighted by Crippen LogP contribution is -2.49. The van der Waals surface area contributed by atoms with E-state index in [1.165, 1.54) is 0 Å². The highest BCUT2D eigenvalue weighted by atomic mass is 16.5. The van der Waals surface area contributed by atoms with Crippen LogP contribution in [0.3, 0.4) is 0 Å². The number of ether oxygens (including phenoxy) is 1. The van der Waals surface area contributed by atoms with Crippen molar-refractivity contribution in [1.29, 1.82) is 0 Å². The lowest BCUT2D eigenvalue weighted by molar-refractivity contribution is -0.132. The Kier molecular flexibility index (Phi) is 3.81. The van der Waals surface area contributed by atoms with Gasteiger partial charge in [0.15, 0.2) is 0 Å². The predicted octanol–water partition coefficient (Wildman–Crippen LogP) is 0.346. The Morgan fingerprint density at radius 2 is 2.14 bits per heavy atom. The van der Waals surface area contributed by atoms with E-state index in [-0.39, 0.29) is 12.5 Å². The third-order valence-electron chi connectivity index (χ3n) is 4.16. The number of fused-ring (bicyclic) bond motifs is 1. The highest BCUT2D eigenvalue weighted by molar-refractivity contribution is 5.93. The van der Waals surface area contributed by atoms with Crippen LogP contribution < -0.4 is 11.1 Å². The summed E-state index contributed by atoms with van der Waals surface area (Å²) < 4.78 is 7.04. The molecule has 3 rings (SSSR count). The molecule has 2 aromatic heterocycles. The van der Waals surface area contributed by atoms with Crippen molar-refractivity contribution >= 4 is 17.5 Å². The first-order chi connectivity index (χ1) is 10.6. The normalized spacial score (nSPS) is 17.3. The monoisotopic (exact) mass is 302 g/mol. The van der Waals surface area contributed by atoms with Crippen LogP contribution in [-0.4, -0.2) is 41.0 Å². The van der Waals surface area contributed by atoms with Crippen LogP contribution >= 0.6 is 0 Å². The average Bonchev–Trinajstić information content (AvgIpc) is 2.97. The number of hydrogen-bond acceptors (Lipinski definition) is 4. The van der Waals surface area contributed by atoms with Gasteiger partial charge in [0, 0.05) is 32.2 Å². The molecule has 1 aliphatic heterocycles. The Hall–Kier alpha value is -2.41. The van der Waals surface area contributed by atoms with Crippen molar-refractivity contribution in [3.05, 3.63) is 36.3 Å². The molecular weight excluding hydrogens is 284 g/mol. The van der Waals surface area contributed by atoms with Crippen LogP contribution in [0.5, 0.6) is 0 Å².